The summed E-state index contributed by atoms with van der Waals surface area (Å²) in [4.78, 5) is 0. The Balaban J connectivity index is 2.33. The van der Waals surface area contributed by atoms with Crippen molar-refractivity contribution in [1.82, 2.24) is 0 Å². The SMILES string of the molecule is CCOC1CC[N+](C)(CC)C1. The molecule has 1 aliphatic heterocycles. The summed E-state index contributed by atoms with van der Waals surface area (Å²) in [6.45, 7) is 8.95. The van der Waals surface area contributed by atoms with Gasteiger partial charge in [0.2, 0.25) is 0 Å². The fourth-order valence-corrected chi connectivity index (χ4v) is 1.79. The predicted octanol–water partition coefficient (Wildman–Crippen LogP) is 1.26. The Kier molecular flexibility index (Phi) is 2.90. The van der Waals surface area contributed by atoms with Crippen LogP contribution in [-0.2, 0) is 4.74 Å². The third kappa shape index (κ3) is 2.17. The zero-order chi connectivity index (χ0) is 8.32. The lowest BCUT2D eigenvalue weighted by molar-refractivity contribution is -0.897. The Labute approximate surface area is 69.7 Å². The van der Waals surface area contributed by atoms with Crippen LogP contribution in [0.1, 0.15) is 20.3 Å². The van der Waals surface area contributed by atoms with E-state index in [1.807, 2.05) is 0 Å². The smallest absolute Gasteiger partial charge is 0.112 e. The highest BCUT2D eigenvalue weighted by molar-refractivity contribution is 4.64. The van der Waals surface area contributed by atoms with Crippen molar-refractivity contribution in [2.75, 3.05) is 33.3 Å². The molecule has 1 aliphatic rings. The van der Waals surface area contributed by atoms with Crippen molar-refractivity contribution in [3.63, 3.8) is 0 Å². The van der Waals surface area contributed by atoms with Gasteiger partial charge in [-0.15, -0.1) is 0 Å². The number of nitrogens with zero attached hydrogens (tertiary/aromatic N) is 1. The molecule has 0 radical (unpaired) electrons. The molecule has 0 bridgehead atoms. The van der Waals surface area contributed by atoms with Crippen LogP contribution in [0.3, 0.4) is 0 Å². The first-order chi connectivity index (χ1) is 5.20. The summed E-state index contributed by atoms with van der Waals surface area (Å²) in [5.74, 6) is 0. The van der Waals surface area contributed by atoms with Gasteiger partial charge in [-0.1, -0.05) is 0 Å². The Morgan fingerprint density at radius 2 is 2.18 bits per heavy atom. The largest absolute Gasteiger partial charge is 0.372 e. The van der Waals surface area contributed by atoms with Gasteiger partial charge in [0.25, 0.3) is 0 Å². The molecule has 0 aliphatic carbocycles. The van der Waals surface area contributed by atoms with Gasteiger partial charge in [-0.3, -0.25) is 0 Å². The lowest BCUT2D eigenvalue weighted by Gasteiger charge is -2.27. The standard InChI is InChI=1S/C9H20NO/c1-4-10(3)7-6-9(8-10)11-5-2/h9H,4-8H2,1-3H3/q+1. The first-order valence-corrected chi connectivity index (χ1v) is 4.65. The first-order valence-electron chi connectivity index (χ1n) is 4.65. The molecule has 1 fully saturated rings. The van der Waals surface area contributed by atoms with Crippen molar-refractivity contribution < 1.29 is 9.22 Å². The minimum Gasteiger partial charge on any atom is -0.372 e. The molecule has 0 aromatic carbocycles. The van der Waals surface area contributed by atoms with E-state index >= 15 is 0 Å². The summed E-state index contributed by atoms with van der Waals surface area (Å²) >= 11 is 0. The lowest BCUT2D eigenvalue weighted by Crippen LogP contribution is -2.42. The van der Waals surface area contributed by atoms with E-state index in [1.165, 1.54) is 30.5 Å². The average molecular weight is 158 g/mol. The second-order valence-corrected chi connectivity index (χ2v) is 3.71. The quantitative estimate of drug-likeness (QED) is 0.562. The van der Waals surface area contributed by atoms with Crippen LogP contribution in [0.25, 0.3) is 0 Å². The van der Waals surface area contributed by atoms with Gasteiger partial charge in [-0.25, -0.2) is 0 Å². The first kappa shape index (κ1) is 9.01. The number of hydrogen-bond acceptors (Lipinski definition) is 1. The number of rotatable bonds is 3. The van der Waals surface area contributed by atoms with Gasteiger partial charge in [0, 0.05) is 13.0 Å². The normalized spacial score (nSPS) is 37.9. The highest BCUT2D eigenvalue weighted by Crippen LogP contribution is 2.18. The summed E-state index contributed by atoms with van der Waals surface area (Å²) in [5.41, 5.74) is 0. The third-order valence-electron chi connectivity index (χ3n) is 2.80. The van der Waals surface area contributed by atoms with Gasteiger partial charge >= 0.3 is 0 Å². The zero-order valence-corrected chi connectivity index (χ0v) is 7.97. The van der Waals surface area contributed by atoms with Crippen molar-refractivity contribution in [2.24, 2.45) is 0 Å². The fraction of sp³-hybridized carbons (Fsp3) is 1.00. The molecule has 1 rings (SSSR count). The second-order valence-electron chi connectivity index (χ2n) is 3.71. The molecule has 0 N–H and O–H groups in total. The van der Waals surface area contributed by atoms with E-state index in [9.17, 15) is 0 Å². The van der Waals surface area contributed by atoms with Gasteiger partial charge in [0.15, 0.2) is 0 Å². The molecule has 1 saturated heterocycles. The Morgan fingerprint density at radius 1 is 1.45 bits per heavy atom. The molecule has 0 amide bonds. The van der Waals surface area contributed by atoms with E-state index in [-0.39, 0.29) is 0 Å². The molecule has 0 saturated carbocycles. The van der Waals surface area contributed by atoms with E-state index in [0.717, 1.165) is 6.61 Å². The van der Waals surface area contributed by atoms with Crippen LogP contribution in [0.15, 0.2) is 0 Å². The topological polar surface area (TPSA) is 9.23 Å². The van der Waals surface area contributed by atoms with Gasteiger partial charge in [-0.2, -0.15) is 0 Å². The van der Waals surface area contributed by atoms with Crippen LogP contribution in [-0.4, -0.2) is 43.9 Å². The summed E-state index contributed by atoms with van der Waals surface area (Å²) < 4.78 is 6.78. The average Bonchev–Trinajstić information content (AvgIpc) is 2.35. The molecule has 11 heavy (non-hydrogen) atoms. The van der Waals surface area contributed by atoms with Crippen molar-refractivity contribution in [3.8, 4) is 0 Å². The summed E-state index contributed by atoms with van der Waals surface area (Å²) in [6, 6.07) is 0. The molecule has 2 unspecified atom stereocenters. The van der Waals surface area contributed by atoms with Crippen LogP contribution < -0.4 is 0 Å². The second kappa shape index (κ2) is 3.55. The maximum absolute atomic E-state index is 5.58. The van der Waals surface area contributed by atoms with Crippen molar-refractivity contribution in [3.05, 3.63) is 0 Å². The maximum Gasteiger partial charge on any atom is 0.112 e. The molecule has 66 valence electrons. The highest BCUT2D eigenvalue weighted by atomic mass is 16.5. The van der Waals surface area contributed by atoms with Crippen LogP contribution in [0.2, 0.25) is 0 Å². The van der Waals surface area contributed by atoms with Crippen molar-refractivity contribution in [2.45, 2.75) is 26.4 Å². The highest BCUT2D eigenvalue weighted by Gasteiger charge is 2.33. The van der Waals surface area contributed by atoms with Gasteiger partial charge in [0.05, 0.1) is 20.1 Å². The minimum absolute atomic E-state index is 0.532. The van der Waals surface area contributed by atoms with E-state index in [0.29, 0.717) is 6.10 Å². The monoisotopic (exact) mass is 158 g/mol. The van der Waals surface area contributed by atoms with Crippen LogP contribution in [0.4, 0.5) is 0 Å². The lowest BCUT2D eigenvalue weighted by atomic mass is 10.3. The molecule has 2 atom stereocenters. The van der Waals surface area contributed by atoms with Crippen LogP contribution in [0, 0.1) is 0 Å². The summed E-state index contributed by atoms with van der Waals surface area (Å²) in [6.07, 6.45) is 1.78. The Hall–Kier alpha value is -0.0800. The van der Waals surface area contributed by atoms with Crippen LogP contribution in [0.5, 0.6) is 0 Å². The molecular formula is C9H20NO+. The van der Waals surface area contributed by atoms with Crippen molar-refractivity contribution in [1.29, 1.82) is 0 Å². The molecule has 2 nitrogen and oxygen atoms in total. The summed E-state index contributed by atoms with van der Waals surface area (Å²) in [5, 5.41) is 0. The predicted molar refractivity (Wildman–Crippen MR) is 46.5 cm³/mol. The third-order valence-corrected chi connectivity index (χ3v) is 2.80. The van der Waals surface area contributed by atoms with E-state index < -0.39 is 0 Å². The number of likely N-dealkylation sites (N-methyl/N-ethyl adjacent to an activating group) is 1. The fourth-order valence-electron chi connectivity index (χ4n) is 1.79. The number of ether oxygens (including phenoxy) is 1. The van der Waals surface area contributed by atoms with E-state index in [1.54, 1.807) is 0 Å². The molecule has 0 aromatic heterocycles. The van der Waals surface area contributed by atoms with Crippen molar-refractivity contribution >= 4 is 0 Å². The minimum atomic E-state index is 0.532. The number of hydrogen-bond donors (Lipinski definition) is 0. The van der Waals surface area contributed by atoms with E-state index in [2.05, 4.69) is 20.9 Å². The zero-order valence-electron chi connectivity index (χ0n) is 7.97. The maximum atomic E-state index is 5.58. The molecule has 1 heterocycles. The molecule has 2 heteroatoms. The van der Waals surface area contributed by atoms with Gasteiger partial charge in [-0.05, 0) is 13.8 Å². The van der Waals surface area contributed by atoms with Gasteiger partial charge < -0.3 is 9.22 Å². The summed E-state index contributed by atoms with van der Waals surface area (Å²) in [7, 11) is 2.32. The molecule has 0 spiro atoms. The molecular weight excluding hydrogens is 138 g/mol. The Morgan fingerprint density at radius 3 is 2.64 bits per heavy atom. The van der Waals surface area contributed by atoms with Gasteiger partial charge in [0.1, 0.15) is 12.6 Å². The molecule has 0 aromatic rings. The van der Waals surface area contributed by atoms with E-state index in [4.69, 9.17) is 4.74 Å². The number of quaternary nitrogens is 1. The Bertz CT molecular complexity index is 127. The van der Waals surface area contributed by atoms with Crippen LogP contribution >= 0.6 is 0 Å². The number of likely N-dealkylation sites (tertiary alicyclic amines) is 1.